The minimum Gasteiger partial charge on any atom is -0.497 e. The summed E-state index contributed by atoms with van der Waals surface area (Å²) in [7, 11) is 1.59. The third kappa shape index (κ3) is 3.28. The molecule has 0 bridgehead atoms. The number of rotatable bonds is 3. The number of methoxy groups -OCH3 is 1. The molecule has 1 aromatic heterocycles. The van der Waals surface area contributed by atoms with Gasteiger partial charge < -0.3 is 9.64 Å². The van der Waals surface area contributed by atoms with E-state index in [0.717, 1.165) is 25.9 Å². The van der Waals surface area contributed by atoms with E-state index in [0.29, 0.717) is 33.7 Å². The fourth-order valence-corrected chi connectivity index (χ4v) is 3.80. The monoisotopic (exact) mass is 376 g/mol. The molecule has 3 aromatic rings. The van der Waals surface area contributed by atoms with Gasteiger partial charge in [0.25, 0.3) is 11.5 Å². The molecule has 4 rings (SSSR count). The average molecular weight is 376 g/mol. The van der Waals surface area contributed by atoms with Gasteiger partial charge in [0.05, 0.1) is 18.4 Å². The van der Waals surface area contributed by atoms with Crippen LogP contribution in [0.1, 0.15) is 30.1 Å². The minimum absolute atomic E-state index is 0.0141. The third-order valence-electron chi connectivity index (χ3n) is 5.56. The van der Waals surface area contributed by atoms with E-state index in [9.17, 15) is 9.59 Å². The maximum absolute atomic E-state index is 13.3. The first kappa shape index (κ1) is 18.3. The summed E-state index contributed by atoms with van der Waals surface area (Å²) in [5, 5.41) is 1.25. The van der Waals surface area contributed by atoms with Crippen molar-refractivity contribution in [2.75, 3.05) is 20.2 Å². The van der Waals surface area contributed by atoms with Crippen LogP contribution in [-0.4, -0.2) is 35.6 Å². The molecule has 2 aromatic carbocycles. The number of benzene rings is 2. The van der Waals surface area contributed by atoms with Crippen LogP contribution in [0.2, 0.25) is 0 Å². The summed E-state index contributed by atoms with van der Waals surface area (Å²) in [5.41, 5.74) is 1.09. The second kappa shape index (κ2) is 7.50. The maximum atomic E-state index is 13.3. The lowest BCUT2D eigenvalue weighted by Crippen LogP contribution is -2.38. The Morgan fingerprint density at radius 3 is 2.46 bits per heavy atom. The summed E-state index contributed by atoms with van der Waals surface area (Å²) in [6, 6.07) is 14.6. The van der Waals surface area contributed by atoms with E-state index in [4.69, 9.17) is 4.74 Å². The van der Waals surface area contributed by atoms with Gasteiger partial charge in [-0.15, -0.1) is 0 Å². The molecule has 0 atom stereocenters. The number of carbonyl (C=O) groups excluding carboxylic acids is 1. The predicted octanol–water partition coefficient (Wildman–Crippen LogP) is 3.87. The number of aromatic nitrogens is 1. The Hall–Kier alpha value is -3.08. The van der Waals surface area contributed by atoms with Crippen molar-refractivity contribution in [2.45, 2.75) is 19.8 Å². The Labute approximate surface area is 164 Å². The molecular weight excluding hydrogens is 352 g/mol. The molecule has 28 heavy (non-hydrogen) atoms. The molecule has 144 valence electrons. The van der Waals surface area contributed by atoms with Gasteiger partial charge in [0.1, 0.15) is 5.75 Å². The number of fused-ring (bicyclic) bond motifs is 1. The zero-order valence-electron chi connectivity index (χ0n) is 16.2. The second-order valence-corrected chi connectivity index (χ2v) is 7.44. The lowest BCUT2D eigenvalue weighted by molar-refractivity contribution is 0.0698. The molecule has 1 fully saturated rings. The zero-order chi connectivity index (χ0) is 19.7. The van der Waals surface area contributed by atoms with Gasteiger partial charge in [-0.3, -0.25) is 14.2 Å². The van der Waals surface area contributed by atoms with Crippen molar-refractivity contribution in [1.29, 1.82) is 0 Å². The molecule has 2 heterocycles. The molecule has 0 unspecified atom stereocenters. The molecule has 0 saturated carbocycles. The Morgan fingerprint density at radius 2 is 1.75 bits per heavy atom. The van der Waals surface area contributed by atoms with Crippen LogP contribution in [0.5, 0.6) is 5.75 Å². The number of piperidine rings is 1. The molecule has 1 saturated heterocycles. The van der Waals surface area contributed by atoms with Crippen molar-refractivity contribution < 1.29 is 9.53 Å². The topological polar surface area (TPSA) is 51.5 Å². The standard InChI is InChI=1S/C23H24N2O3/c1-16-10-12-24(13-11-16)22(26)21-15-25(17-6-5-7-18(14-17)28-2)23(27)20-9-4-3-8-19(20)21/h3-9,14-16H,10-13H2,1-2H3. The summed E-state index contributed by atoms with van der Waals surface area (Å²) >= 11 is 0. The molecule has 0 spiro atoms. The molecule has 1 aliphatic rings. The first-order valence-electron chi connectivity index (χ1n) is 9.66. The normalized spacial score (nSPS) is 15.0. The van der Waals surface area contributed by atoms with Crippen molar-refractivity contribution >= 4 is 16.7 Å². The quantitative estimate of drug-likeness (QED) is 0.697. The second-order valence-electron chi connectivity index (χ2n) is 7.44. The van der Waals surface area contributed by atoms with E-state index < -0.39 is 0 Å². The fourth-order valence-electron chi connectivity index (χ4n) is 3.80. The lowest BCUT2D eigenvalue weighted by atomic mass is 9.98. The number of hydrogen-bond donors (Lipinski definition) is 0. The number of nitrogens with zero attached hydrogens (tertiary/aromatic N) is 2. The van der Waals surface area contributed by atoms with E-state index in [-0.39, 0.29) is 11.5 Å². The van der Waals surface area contributed by atoms with Gasteiger partial charge in [-0.1, -0.05) is 31.2 Å². The van der Waals surface area contributed by atoms with Crippen LogP contribution < -0.4 is 10.3 Å². The Kier molecular flexibility index (Phi) is 4.90. The number of likely N-dealkylation sites (tertiary alicyclic amines) is 1. The van der Waals surface area contributed by atoms with Crippen molar-refractivity contribution in [3.8, 4) is 11.4 Å². The third-order valence-corrected chi connectivity index (χ3v) is 5.56. The van der Waals surface area contributed by atoms with Gasteiger partial charge in [0.2, 0.25) is 0 Å². The molecule has 0 radical (unpaired) electrons. The van der Waals surface area contributed by atoms with Gasteiger partial charge in [0, 0.05) is 36.1 Å². The highest BCUT2D eigenvalue weighted by molar-refractivity contribution is 6.06. The Morgan fingerprint density at radius 1 is 1.04 bits per heavy atom. The zero-order valence-corrected chi connectivity index (χ0v) is 16.2. The summed E-state index contributed by atoms with van der Waals surface area (Å²) in [5.74, 6) is 1.29. The van der Waals surface area contributed by atoms with Gasteiger partial charge in [0.15, 0.2) is 0 Å². The van der Waals surface area contributed by atoms with E-state index in [1.165, 1.54) is 0 Å². The van der Waals surface area contributed by atoms with Crippen LogP contribution in [0.25, 0.3) is 16.5 Å². The number of hydrogen-bond acceptors (Lipinski definition) is 3. The Balaban J connectivity index is 1.87. The summed E-state index contributed by atoms with van der Waals surface area (Å²) < 4.78 is 6.84. The first-order chi connectivity index (χ1) is 13.6. The molecule has 1 aliphatic heterocycles. The van der Waals surface area contributed by atoms with Crippen molar-refractivity contribution in [1.82, 2.24) is 9.47 Å². The maximum Gasteiger partial charge on any atom is 0.262 e. The van der Waals surface area contributed by atoms with E-state index in [1.54, 1.807) is 30.0 Å². The summed E-state index contributed by atoms with van der Waals surface area (Å²) in [6.07, 6.45) is 3.71. The van der Waals surface area contributed by atoms with E-state index in [2.05, 4.69) is 6.92 Å². The SMILES string of the molecule is COc1cccc(-n2cc(C(=O)N3CCC(C)CC3)c3ccccc3c2=O)c1. The summed E-state index contributed by atoms with van der Waals surface area (Å²) in [6.45, 7) is 3.74. The largest absolute Gasteiger partial charge is 0.497 e. The van der Waals surface area contributed by atoms with Gasteiger partial charge >= 0.3 is 0 Å². The number of pyridine rings is 1. The first-order valence-corrected chi connectivity index (χ1v) is 9.66. The lowest BCUT2D eigenvalue weighted by Gasteiger charge is -2.30. The predicted molar refractivity (Wildman–Crippen MR) is 110 cm³/mol. The molecule has 5 heteroatoms. The van der Waals surface area contributed by atoms with Crippen molar-refractivity contribution in [2.24, 2.45) is 5.92 Å². The molecule has 5 nitrogen and oxygen atoms in total. The number of carbonyl (C=O) groups is 1. The highest BCUT2D eigenvalue weighted by atomic mass is 16.5. The molecule has 0 aliphatic carbocycles. The van der Waals surface area contributed by atoms with Crippen molar-refractivity contribution in [3.05, 3.63) is 70.6 Å². The number of amides is 1. The summed E-state index contributed by atoms with van der Waals surface area (Å²) in [4.78, 5) is 28.3. The van der Waals surface area contributed by atoms with Gasteiger partial charge in [-0.05, 0) is 37.0 Å². The van der Waals surface area contributed by atoms with Crippen LogP contribution in [-0.2, 0) is 0 Å². The fraction of sp³-hybridized carbons (Fsp3) is 0.304. The highest BCUT2D eigenvalue weighted by Gasteiger charge is 2.24. The average Bonchev–Trinajstić information content (AvgIpc) is 2.74. The molecule has 1 amide bonds. The highest BCUT2D eigenvalue weighted by Crippen LogP contribution is 2.23. The minimum atomic E-state index is -0.146. The van der Waals surface area contributed by atoms with Gasteiger partial charge in [-0.2, -0.15) is 0 Å². The molecule has 0 N–H and O–H groups in total. The van der Waals surface area contributed by atoms with Crippen LogP contribution in [0.4, 0.5) is 0 Å². The van der Waals surface area contributed by atoms with Crippen LogP contribution >= 0.6 is 0 Å². The Bertz CT molecular complexity index is 1080. The van der Waals surface area contributed by atoms with E-state index in [1.807, 2.05) is 41.3 Å². The van der Waals surface area contributed by atoms with E-state index >= 15 is 0 Å². The van der Waals surface area contributed by atoms with Crippen LogP contribution in [0.3, 0.4) is 0 Å². The molecular formula is C23H24N2O3. The smallest absolute Gasteiger partial charge is 0.262 e. The van der Waals surface area contributed by atoms with Crippen LogP contribution in [0.15, 0.2) is 59.5 Å². The number of ether oxygens (including phenoxy) is 1. The van der Waals surface area contributed by atoms with Gasteiger partial charge in [-0.25, -0.2) is 0 Å². The van der Waals surface area contributed by atoms with Crippen LogP contribution in [0, 0.1) is 5.92 Å². The van der Waals surface area contributed by atoms with Crippen molar-refractivity contribution in [3.63, 3.8) is 0 Å².